The summed E-state index contributed by atoms with van der Waals surface area (Å²) in [6.07, 6.45) is 4.98. The summed E-state index contributed by atoms with van der Waals surface area (Å²) in [5.41, 5.74) is 6.54. The maximum atomic E-state index is 12.6. The summed E-state index contributed by atoms with van der Waals surface area (Å²) >= 11 is 0. The van der Waals surface area contributed by atoms with Crippen LogP contribution in [0.2, 0.25) is 0 Å². The maximum absolute atomic E-state index is 12.6. The van der Waals surface area contributed by atoms with E-state index in [0.717, 1.165) is 53.9 Å². The van der Waals surface area contributed by atoms with Gasteiger partial charge in [-0.2, -0.15) is 5.10 Å². The lowest BCUT2D eigenvalue weighted by Gasteiger charge is -2.16. The number of aromatic nitrogens is 2. The van der Waals surface area contributed by atoms with Crippen molar-refractivity contribution in [1.82, 2.24) is 19.8 Å². The Balaban J connectivity index is 1.20. The molecule has 0 aliphatic heterocycles. The standard InChI is InChI=1S/C26H32N4O3S/c1-19-17-20(2)30(29-19)24-10-7-21(8-11-24)13-15-27-26(31)14-16-28-34(32,33)25-12-9-22-5-3-4-6-23(22)18-25/h7-12,17-18,28H,3-6,13-16H2,1-2H3,(H,27,31). The first-order valence-corrected chi connectivity index (χ1v) is 13.3. The SMILES string of the molecule is Cc1cc(C)n(-c2ccc(CCNC(=O)CCNS(=O)(=O)c3ccc4c(c3)CCCC4)cc2)n1. The number of sulfonamides is 1. The zero-order valence-electron chi connectivity index (χ0n) is 19.8. The smallest absolute Gasteiger partial charge is 0.240 e. The lowest BCUT2D eigenvalue weighted by Crippen LogP contribution is -2.31. The van der Waals surface area contributed by atoms with E-state index < -0.39 is 10.0 Å². The number of amides is 1. The van der Waals surface area contributed by atoms with Crippen LogP contribution in [0, 0.1) is 13.8 Å². The molecule has 1 heterocycles. The van der Waals surface area contributed by atoms with Crippen LogP contribution in [0.4, 0.5) is 0 Å². The summed E-state index contributed by atoms with van der Waals surface area (Å²) in [5.74, 6) is -0.174. The number of hydrogen-bond acceptors (Lipinski definition) is 4. The fourth-order valence-electron chi connectivity index (χ4n) is 4.39. The van der Waals surface area contributed by atoms with Gasteiger partial charge in [-0.05, 0) is 93.0 Å². The van der Waals surface area contributed by atoms with E-state index in [-0.39, 0.29) is 23.8 Å². The van der Waals surface area contributed by atoms with Gasteiger partial charge in [-0.3, -0.25) is 4.79 Å². The fraction of sp³-hybridized carbons (Fsp3) is 0.385. The van der Waals surface area contributed by atoms with Gasteiger partial charge in [0.2, 0.25) is 15.9 Å². The Hall–Kier alpha value is -2.97. The maximum Gasteiger partial charge on any atom is 0.240 e. The first kappa shape index (κ1) is 24.2. The second-order valence-electron chi connectivity index (χ2n) is 8.89. The van der Waals surface area contributed by atoms with Crippen molar-refractivity contribution >= 4 is 15.9 Å². The normalized spacial score (nSPS) is 13.5. The van der Waals surface area contributed by atoms with Crippen molar-refractivity contribution in [2.24, 2.45) is 0 Å². The minimum Gasteiger partial charge on any atom is -0.356 e. The van der Waals surface area contributed by atoms with Gasteiger partial charge < -0.3 is 5.32 Å². The molecule has 1 aliphatic rings. The number of carbonyl (C=O) groups excluding carboxylic acids is 1. The fourth-order valence-corrected chi connectivity index (χ4v) is 5.47. The highest BCUT2D eigenvalue weighted by atomic mass is 32.2. The van der Waals surface area contributed by atoms with E-state index in [0.29, 0.717) is 13.0 Å². The molecule has 34 heavy (non-hydrogen) atoms. The van der Waals surface area contributed by atoms with Crippen molar-refractivity contribution in [2.45, 2.75) is 57.3 Å². The zero-order chi connectivity index (χ0) is 24.1. The van der Waals surface area contributed by atoms with Crippen molar-refractivity contribution < 1.29 is 13.2 Å². The van der Waals surface area contributed by atoms with Crippen LogP contribution in [0.15, 0.2) is 53.4 Å². The molecule has 0 atom stereocenters. The third-order valence-corrected chi connectivity index (χ3v) is 7.66. The third kappa shape index (κ3) is 5.93. The van der Waals surface area contributed by atoms with Crippen molar-refractivity contribution in [3.8, 4) is 5.69 Å². The molecule has 0 bridgehead atoms. The van der Waals surface area contributed by atoms with Crippen molar-refractivity contribution in [1.29, 1.82) is 0 Å². The number of nitrogens with zero attached hydrogens (tertiary/aromatic N) is 2. The number of aryl methyl sites for hydroxylation is 4. The molecule has 8 heteroatoms. The molecule has 0 unspecified atom stereocenters. The number of benzene rings is 2. The van der Waals surface area contributed by atoms with Crippen LogP contribution in [-0.4, -0.2) is 37.2 Å². The number of hydrogen-bond donors (Lipinski definition) is 2. The van der Waals surface area contributed by atoms with Crippen molar-refractivity contribution in [2.75, 3.05) is 13.1 Å². The van der Waals surface area contributed by atoms with E-state index >= 15 is 0 Å². The van der Waals surface area contributed by atoms with Gasteiger partial charge in [0.05, 0.1) is 16.3 Å². The lowest BCUT2D eigenvalue weighted by atomic mass is 9.92. The summed E-state index contributed by atoms with van der Waals surface area (Å²) in [6, 6.07) is 15.5. The second-order valence-corrected chi connectivity index (χ2v) is 10.7. The molecule has 2 N–H and O–H groups in total. The van der Waals surface area contributed by atoms with Gasteiger partial charge in [0.1, 0.15) is 0 Å². The van der Waals surface area contributed by atoms with Gasteiger partial charge >= 0.3 is 0 Å². The molecule has 1 aliphatic carbocycles. The molecular weight excluding hydrogens is 448 g/mol. The summed E-state index contributed by atoms with van der Waals surface area (Å²) < 4.78 is 29.7. The Morgan fingerprint density at radius 2 is 1.71 bits per heavy atom. The Morgan fingerprint density at radius 1 is 0.971 bits per heavy atom. The summed E-state index contributed by atoms with van der Waals surface area (Å²) in [7, 11) is -3.62. The topological polar surface area (TPSA) is 93.1 Å². The highest BCUT2D eigenvalue weighted by Gasteiger charge is 2.17. The number of nitrogens with one attached hydrogen (secondary N) is 2. The molecule has 2 aromatic carbocycles. The van der Waals surface area contributed by atoms with Crippen molar-refractivity contribution in [3.05, 3.63) is 76.6 Å². The molecule has 1 amide bonds. The average molecular weight is 481 g/mol. The van der Waals surface area contributed by atoms with Crippen LogP contribution in [-0.2, 0) is 34.1 Å². The first-order chi connectivity index (χ1) is 16.3. The van der Waals surface area contributed by atoms with E-state index in [1.807, 2.05) is 54.9 Å². The van der Waals surface area contributed by atoms with Crippen molar-refractivity contribution in [3.63, 3.8) is 0 Å². The second kappa shape index (κ2) is 10.5. The van der Waals surface area contributed by atoms with Crippen LogP contribution < -0.4 is 10.0 Å². The molecule has 0 fully saturated rings. The van der Waals surface area contributed by atoms with Crippen LogP contribution >= 0.6 is 0 Å². The molecule has 0 radical (unpaired) electrons. The van der Waals surface area contributed by atoms with E-state index in [2.05, 4.69) is 15.1 Å². The van der Waals surface area contributed by atoms with E-state index in [4.69, 9.17) is 0 Å². The molecule has 4 rings (SSSR count). The van der Waals surface area contributed by atoms with E-state index in [1.54, 1.807) is 12.1 Å². The molecule has 7 nitrogen and oxygen atoms in total. The van der Waals surface area contributed by atoms with Gasteiger partial charge in [0.25, 0.3) is 0 Å². The van der Waals surface area contributed by atoms with E-state index in [9.17, 15) is 13.2 Å². The van der Waals surface area contributed by atoms with Crippen LogP contribution in [0.5, 0.6) is 0 Å². The summed E-state index contributed by atoms with van der Waals surface area (Å²) in [6.45, 7) is 4.56. The molecule has 180 valence electrons. The first-order valence-electron chi connectivity index (χ1n) is 11.8. The Kier molecular flexibility index (Phi) is 7.48. The molecule has 0 saturated heterocycles. The third-order valence-electron chi connectivity index (χ3n) is 6.20. The van der Waals surface area contributed by atoms with Crippen LogP contribution in [0.3, 0.4) is 0 Å². The Bertz CT molecular complexity index is 1260. The molecule has 0 spiro atoms. The van der Waals surface area contributed by atoms with Gasteiger partial charge in [0, 0.05) is 25.2 Å². The highest BCUT2D eigenvalue weighted by molar-refractivity contribution is 7.89. The largest absolute Gasteiger partial charge is 0.356 e. The zero-order valence-corrected chi connectivity index (χ0v) is 20.6. The Morgan fingerprint density at radius 3 is 2.41 bits per heavy atom. The highest BCUT2D eigenvalue weighted by Crippen LogP contribution is 2.24. The molecular formula is C26H32N4O3S. The monoisotopic (exact) mass is 480 g/mol. The average Bonchev–Trinajstić information content (AvgIpc) is 3.17. The number of fused-ring (bicyclic) bond motifs is 1. The van der Waals surface area contributed by atoms with Crippen LogP contribution in [0.1, 0.15) is 47.3 Å². The quantitative estimate of drug-likeness (QED) is 0.491. The minimum atomic E-state index is -3.62. The lowest BCUT2D eigenvalue weighted by molar-refractivity contribution is -0.120. The van der Waals surface area contributed by atoms with Gasteiger partial charge in [-0.1, -0.05) is 18.2 Å². The van der Waals surface area contributed by atoms with Gasteiger partial charge in [0.15, 0.2) is 0 Å². The van der Waals surface area contributed by atoms with Gasteiger partial charge in [-0.25, -0.2) is 17.8 Å². The van der Waals surface area contributed by atoms with E-state index in [1.165, 1.54) is 5.56 Å². The number of rotatable bonds is 9. The summed E-state index contributed by atoms with van der Waals surface area (Å²) in [5, 5.41) is 7.36. The minimum absolute atomic E-state index is 0.0720. The predicted octanol–water partition coefficient (Wildman–Crippen LogP) is 3.40. The van der Waals surface area contributed by atoms with Gasteiger partial charge in [-0.15, -0.1) is 0 Å². The Labute approximate surface area is 201 Å². The molecule has 0 saturated carbocycles. The predicted molar refractivity (Wildman–Crippen MR) is 133 cm³/mol. The number of carbonyl (C=O) groups is 1. The van der Waals surface area contributed by atoms with Crippen LogP contribution in [0.25, 0.3) is 5.69 Å². The molecule has 1 aromatic heterocycles. The summed E-state index contributed by atoms with van der Waals surface area (Å²) in [4.78, 5) is 12.4. The molecule has 3 aromatic rings.